The summed E-state index contributed by atoms with van der Waals surface area (Å²) in [5.41, 5.74) is 0. The smallest absolute Gasteiger partial charge is 0.231 e. The van der Waals surface area contributed by atoms with Crippen LogP contribution in [0.2, 0.25) is 5.28 Å². The maximum Gasteiger partial charge on any atom is 0.231 e. The Labute approximate surface area is 111 Å². The van der Waals surface area contributed by atoms with Crippen LogP contribution in [0.1, 0.15) is 26.2 Å². The molecule has 2 N–H and O–H groups in total. The SMILES string of the molecule is CC(O)CCNc1nc(Cl)nc(N2CCCC2)n1. The van der Waals surface area contributed by atoms with Gasteiger partial charge in [0, 0.05) is 19.6 Å². The second-order valence-electron chi connectivity index (χ2n) is 4.49. The monoisotopic (exact) mass is 271 g/mol. The average molecular weight is 272 g/mol. The molecule has 1 aromatic rings. The van der Waals surface area contributed by atoms with E-state index in [4.69, 9.17) is 11.6 Å². The Bertz CT molecular complexity index is 395. The molecule has 0 radical (unpaired) electrons. The first kappa shape index (κ1) is 13.3. The summed E-state index contributed by atoms with van der Waals surface area (Å²) in [5.74, 6) is 1.10. The Balaban J connectivity index is 2.01. The molecule has 1 aliphatic heterocycles. The molecular weight excluding hydrogens is 254 g/mol. The molecule has 0 saturated carbocycles. The summed E-state index contributed by atoms with van der Waals surface area (Å²) in [7, 11) is 0. The molecular formula is C11H18ClN5O. The molecule has 0 aliphatic carbocycles. The Morgan fingerprint density at radius 3 is 2.72 bits per heavy atom. The predicted octanol–water partition coefficient (Wildman–Crippen LogP) is 1.31. The molecule has 2 heterocycles. The predicted molar refractivity (Wildman–Crippen MR) is 71.1 cm³/mol. The minimum atomic E-state index is -0.340. The van der Waals surface area contributed by atoms with Crippen LogP contribution >= 0.6 is 11.6 Å². The first-order valence-corrected chi connectivity index (χ1v) is 6.61. The third kappa shape index (κ3) is 3.68. The van der Waals surface area contributed by atoms with E-state index in [1.54, 1.807) is 6.92 Å². The lowest BCUT2D eigenvalue weighted by molar-refractivity contribution is 0.188. The lowest BCUT2D eigenvalue weighted by Gasteiger charge is -2.15. The highest BCUT2D eigenvalue weighted by atomic mass is 35.5. The van der Waals surface area contributed by atoms with Crippen molar-refractivity contribution in [3.05, 3.63) is 5.28 Å². The lowest BCUT2D eigenvalue weighted by atomic mass is 10.3. The van der Waals surface area contributed by atoms with E-state index in [2.05, 4.69) is 25.2 Å². The van der Waals surface area contributed by atoms with Crippen molar-refractivity contribution < 1.29 is 5.11 Å². The van der Waals surface area contributed by atoms with Crippen molar-refractivity contribution in [2.24, 2.45) is 0 Å². The van der Waals surface area contributed by atoms with Crippen LogP contribution in [-0.4, -0.2) is 45.8 Å². The van der Waals surface area contributed by atoms with Gasteiger partial charge in [-0.05, 0) is 37.8 Å². The third-order valence-electron chi connectivity index (χ3n) is 2.83. The first-order valence-electron chi connectivity index (χ1n) is 6.23. The van der Waals surface area contributed by atoms with E-state index in [9.17, 15) is 5.11 Å². The lowest BCUT2D eigenvalue weighted by Crippen LogP contribution is -2.22. The summed E-state index contributed by atoms with van der Waals surface area (Å²) < 4.78 is 0. The van der Waals surface area contributed by atoms with E-state index >= 15 is 0 Å². The summed E-state index contributed by atoms with van der Waals surface area (Å²) in [6.45, 7) is 4.29. The van der Waals surface area contributed by atoms with E-state index in [0.717, 1.165) is 25.9 Å². The van der Waals surface area contributed by atoms with E-state index in [-0.39, 0.29) is 11.4 Å². The molecule has 0 amide bonds. The van der Waals surface area contributed by atoms with Gasteiger partial charge in [-0.25, -0.2) is 0 Å². The van der Waals surface area contributed by atoms with Gasteiger partial charge < -0.3 is 15.3 Å². The van der Waals surface area contributed by atoms with E-state index in [1.807, 2.05) is 0 Å². The van der Waals surface area contributed by atoms with Gasteiger partial charge in [0.1, 0.15) is 0 Å². The third-order valence-corrected chi connectivity index (χ3v) is 3.00. The molecule has 1 aromatic heterocycles. The second kappa shape index (κ2) is 6.15. The number of hydrogen-bond acceptors (Lipinski definition) is 6. The maximum absolute atomic E-state index is 9.18. The van der Waals surface area contributed by atoms with Gasteiger partial charge in [-0.3, -0.25) is 0 Å². The van der Waals surface area contributed by atoms with Crippen LogP contribution in [0.25, 0.3) is 0 Å². The summed E-state index contributed by atoms with van der Waals surface area (Å²) in [4.78, 5) is 14.6. The van der Waals surface area contributed by atoms with Crippen molar-refractivity contribution in [2.75, 3.05) is 29.9 Å². The average Bonchev–Trinajstić information content (AvgIpc) is 2.81. The number of aliphatic hydroxyl groups is 1. The number of aliphatic hydroxyl groups excluding tert-OH is 1. The van der Waals surface area contributed by atoms with Crippen molar-refractivity contribution in [1.29, 1.82) is 0 Å². The van der Waals surface area contributed by atoms with Crippen LogP contribution in [0.3, 0.4) is 0 Å². The molecule has 1 fully saturated rings. The number of halogens is 1. The fourth-order valence-electron chi connectivity index (χ4n) is 1.87. The van der Waals surface area contributed by atoms with E-state index < -0.39 is 0 Å². The van der Waals surface area contributed by atoms with Gasteiger partial charge in [-0.15, -0.1) is 0 Å². The van der Waals surface area contributed by atoms with Crippen molar-refractivity contribution >= 4 is 23.5 Å². The van der Waals surface area contributed by atoms with Gasteiger partial charge >= 0.3 is 0 Å². The summed E-state index contributed by atoms with van der Waals surface area (Å²) in [5, 5.41) is 12.4. The van der Waals surface area contributed by atoms with Crippen LogP contribution < -0.4 is 10.2 Å². The summed E-state index contributed by atoms with van der Waals surface area (Å²) in [6.07, 6.45) is 2.62. The molecule has 1 saturated heterocycles. The van der Waals surface area contributed by atoms with Gasteiger partial charge in [-0.2, -0.15) is 15.0 Å². The van der Waals surface area contributed by atoms with Crippen LogP contribution in [0, 0.1) is 0 Å². The molecule has 7 heteroatoms. The molecule has 2 rings (SSSR count). The molecule has 100 valence electrons. The van der Waals surface area contributed by atoms with Crippen LogP contribution in [0.5, 0.6) is 0 Å². The molecule has 1 aliphatic rings. The van der Waals surface area contributed by atoms with Gasteiger partial charge in [0.15, 0.2) is 0 Å². The minimum absolute atomic E-state index is 0.200. The summed E-state index contributed by atoms with van der Waals surface area (Å²) >= 11 is 5.89. The van der Waals surface area contributed by atoms with Crippen molar-refractivity contribution in [3.63, 3.8) is 0 Å². The largest absolute Gasteiger partial charge is 0.393 e. The molecule has 1 atom stereocenters. The number of rotatable bonds is 5. The molecule has 0 aromatic carbocycles. The molecule has 6 nitrogen and oxygen atoms in total. The Morgan fingerprint density at radius 2 is 2.06 bits per heavy atom. The molecule has 1 unspecified atom stereocenters. The van der Waals surface area contributed by atoms with E-state index in [1.165, 1.54) is 0 Å². The number of nitrogens with one attached hydrogen (secondary N) is 1. The first-order chi connectivity index (χ1) is 8.65. The Morgan fingerprint density at radius 1 is 1.33 bits per heavy atom. The van der Waals surface area contributed by atoms with Crippen LogP contribution in [0.15, 0.2) is 0 Å². The van der Waals surface area contributed by atoms with Crippen LogP contribution in [-0.2, 0) is 0 Å². The highest BCUT2D eigenvalue weighted by Gasteiger charge is 2.16. The number of nitrogens with zero attached hydrogens (tertiary/aromatic N) is 4. The molecule has 0 spiro atoms. The fourth-order valence-corrected chi connectivity index (χ4v) is 2.03. The maximum atomic E-state index is 9.18. The number of hydrogen-bond donors (Lipinski definition) is 2. The van der Waals surface area contributed by atoms with Gasteiger partial charge in [0.05, 0.1) is 6.10 Å². The highest BCUT2D eigenvalue weighted by Crippen LogP contribution is 2.18. The fraction of sp³-hybridized carbons (Fsp3) is 0.727. The quantitative estimate of drug-likeness (QED) is 0.841. The summed E-state index contributed by atoms with van der Waals surface area (Å²) in [6, 6.07) is 0. The van der Waals surface area contributed by atoms with Crippen molar-refractivity contribution in [3.8, 4) is 0 Å². The Hall–Kier alpha value is -1.14. The van der Waals surface area contributed by atoms with Crippen LogP contribution in [0.4, 0.5) is 11.9 Å². The minimum Gasteiger partial charge on any atom is -0.393 e. The normalized spacial score (nSPS) is 16.9. The number of anilines is 2. The number of aromatic nitrogens is 3. The zero-order valence-corrected chi connectivity index (χ0v) is 11.2. The molecule has 18 heavy (non-hydrogen) atoms. The zero-order valence-electron chi connectivity index (χ0n) is 10.4. The zero-order chi connectivity index (χ0) is 13.0. The standard InChI is InChI=1S/C11H18ClN5O/c1-8(18)4-5-13-10-14-9(12)15-11(16-10)17-6-2-3-7-17/h8,18H,2-7H2,1H3,(H,13,14,15,16). The van der Waals surface area contributed by atoms with Crippen molar-refractivity contribution in [1.82, 2.24) is 15.0 Å². The van der Waals surface area contributed by atoms with Gasteiger partial charge in [0.25, 0.3) is 0 Å². The van der Waals surface area contributed by atoms with Gasteiger partial charge in [0.2, 0.25) is 17.2 Å². The topological polar surface area (TPSA) is 74.2 Å². The second-order valence-corrected chi connectivity index (χ2v) is 4.82. The van der Waals surface area contributed by atoms with Gasteiger partial charge in [-0.1, -0.05) is 0 Å². The molecule has 0 bridgehead atoms. The Kier molecular flexibility index (Phi) is 4.54. The van der Waals surface area contributed by atoms with Crippen molar-refractivity contribution in [2.45, 2.75) is 32.3 Å². The highest BCUT2D eigenvalue weighted by molar-refractivity contribution is 6.28. The van der Waals surface area contributed by atoms with E-state index in [0.29, 0.717) is 24.9 Å².